The number of benzene rings is 1. The van der Waals surface area contributed by atoms with Gasteiger partial charge in [0.25, 0.3) is 0 Å². The number of carbonyl (C=O) groups is 1. The predicted molar refractivity (Wildman–Crippen MR) is 78.3 cm³/mol. The van der Waals surface area contributed by atoms with E-state index in [-0.39, 0.29) is 16.3 Å². The SMILES string of the molecule is COC(=O)C(O)CNS(=O)(=O)c1cc(N)c(Br)cc1OC. The summed E-state index contributed by atoms with van der Waals surface area (Å²) in [6, 6.07) is 2.61. The highest BCUT2D eigenvalue weighted by Crippen LogP contribution is 2.32. The Morgan fingerprint density at radius 3 is 2.62 bits per heavy atom. The molecule has 0 aliphatic heterocycles. The minimum absolute atomic E-state index is 0.0659. The quantitative estimate of drug-likeness (QED) is 0.461. The number of methoxy groups -OCH3 is 2. The van der Waals surface area contributed by atoms with Crippen molar-refractivity contribution in [2.24, 2.45) is 0 Å². The highest BCUT2D eigenvalue weighted by molar-refractivity contribution is 9.10. The third-order valence-corrected chi connectivity index (χ3v) is 4.64. The number of nitrogens with one attached hydrogen (secondary N) is 1. The van der Waals surface area contributed by atoms with Gasteiger partial charge in [-0.1, -0.05) is 0 Å². The molecule has 0 spiro atoms. The Labute approximate surface area is 130 Å². The molecule has 0 aromatic heterocycles. The number of rotatable bonds is 6. The number of nitrogens with two attached hydrogens (primary N) is 1. The average Bonchev–Trinajstić information content (AvgIpc) is 2.46. The number of aliphatic hydroxyl groups is 1. The number of hydrogen-bond donors (Lipinski definition) is 3. The predicted octanol–water partition coefficient (Wildman–Crippen LogP) is -0.148. The summed E-state index contributed by atoms with van der Waals surface area (Å²) in [4.78, 5) is 10.8. The lowest BCUT2D eigenvalue weighted by Crippen LogP contribution is -2.37. The van der Waals surface area contributed by atoms with Gasteiger partial charge in [-0.25, -0.2) is 17.9 Å². The Kier molecular flexibility index (Phi) is 5.96. The van der Waals surface area contributed by atoms with Gasteiger partial charge in [-0.15, -0.1) is 0 Å². The minimum Gasteiger partial charge on any atom is -0.495 e. The molecule has 0 amide bonds. The lowest BCUT2D eigenvalue weighted by molar-refractivity contribution is -0.149. The minimum atomic E-state index is -4.02. The third-order valence-electron chi connectivity index (χ3n) is 2.51. The van der Waals surface area contributed by atoms with Gasteiger partial charge in [-0.05, 0) is 28.1 Å². The van der Waals surface area contributed by atoms with Crippen LogP contribution in [0.5, 0.6) is 5.75 Å². The molecule has 0 aliphatic rings. The highest BCUT2D eigenvalue weighted by atomic mass is 79.9. The Morgan fingerprint density at radius 2 is 2.10 bits per heavy atom. The molecule has 1 unspecified atom stereocenters. The molecule has 1 atom stereocenters. The van der Waals surface area contributed by atoms with Crippen LogP contribution in [0.1, 0.15) is 0 Å². The van der Waals surface area contributed by atoms with Crippen molar-refractivity contribution < 1.29 is 27.8 Å². The molecule has 118 valence electrons. The van der Waals surface area contributed by atoms with Gasteiger partial charge in [0.1, 0.15) is 10.6 Å². The van der Waals surface area contributed by atoms with Crippen LogP contribution in [0.15, 0.2) is 21.5 Å². The first kappa shape index (κ1) is 17.7. The molecule has 1 rings (SSSR count). The van der Waals surface area contributed by atoms with E-state index in [4.69, 9.17) is 10.5 Å². The summed E-state index contributed by atoms with van der Waals surface area (Å²) in [5.41, 5.74) is 5.85. The van der Waals surface area contributed by atoms with E-state index in [1.54, 1.807) is 0 Å². The number of nitrogen functional groups attached to an aromatic ring is 1. The van der Waals surface area contributed by atoms with E-state index >= 15 is 0 Å². The van der Waals surface area contributed by atoms with Crippen molar-refractivity contribution in [2.75, 3.05) is 26.5 Å². The number of sulfonamides is 1. The summed E-state index contributed by atoms with van der Waals surface area (Å²) in [6.07, 6.45) is -1.61. The lowest BCUT2D eigenvalue weighted by Gasteiger charge is -2.14. The van der Waals surface area contributed by atoms with E-state index in [2.05, 4.69) is 25.4 Å². The third kappa shape index (κ3) is 4.30. The molecule has 0 aliphatic carbocycles. The Hall–Kier alpha value is -1.36. The molecule has 0 saturated carbocycles. The van der Waals surface area contributed by atoms with Crippen LogP contribution in [0.25, 0.3) is 0 Å². The molecule has 1 aromatic rings. The second-order valence-electron chi connectivity index (χ2n) is 3.92. The summed E-state index contributed by atoms with van der Waals surface area (Å²) < 4.78 is 36.2. The van der Waals surface area contributed by atoms with Crippen molar-refractivity contribution in [3.63, 3.8) is 0 Å². The van der Waals surface area contributed by atoms with Crippen LogP contribution >= 0.6 is 15.9 Å². The van der Waals surface area contributed by atoms with Crippen molar-refractivity contribution in [3.05, 3.63) is 16.6 Å². The van der Waals surface area contributed by atoms with Crippen molar-refractivity contribution in [1.29, 1.82) is 0 Å². The molecule has 0 heterocycles. The van der Waals surface area contributed by atoms with Gasteiger partial charge in [-0.2, -0.15) is 0 Å². The number of hydrogen-bond acceptors (Lipinski definition) is 7. The summed E-state index contributed by atoms with van der Waals surface area (Å²) in [6.45, 7) is -0.534. The van der Waals surface area contributed by atoms with Gasteiger partial charge < -0.3 is 20.3 Å². The number of aliphatic hydroxyl groups excluding tert-OH is 1. The Balaban J connectivity index is 3.03. The molecule has 0 fully saturated rings. The van der Waals surface area contributed by atoms with Crippen LogP contribution < -0.4 is 15.2 Å². The molecule has 1 aromatic carbocycles. The monoisotopic (exact) mass is 382 g/mol. The topological polar surface area (TPSA) is 128 Å². The van der Waals surface area contributed by atoms with Crippen molar-refractivity contribution >= 4 is 37.6 Å². The standard InChI is InChI=1S/C11H15BrN2O6S/c1-19-9-3-6(12)7(13)4-10(9)21(17,18)14-5-8(15)11(16)20-2/h3-4,8,14-15H,5,13H2,1-2H3. The number of esters is 1. The van der Waals surface area contributed by atoms with Gasteiger partial charge in [-0.3, -0.25) is 0 Å². The molecule has 4 N–H and O–H groups in total. The van der Waals surface area contributed by atoms with Crippen molar-refractivity contribution in [3.8, 4) is 5.75 Å². The van der Waals surface area contributed by atoms with E-state index in [9.17, 15) is 18.3 Å². The van der Waals surface area contributed by atoms with E-state index in [0.717, 1.165) is 7.11 Å². The van der Waals surface area contributed by atoms with E-state index in [0.29, 0.717) is 4.47 Å². The fraction of sp³-hybridized carbons (Fsp3) is 0.364. The summed E-state index contributed by atoms with van der Waals surface area (Å²) >= 11 is 3.16. The molecule has 21 heavy (non-hydrogen) atoms. The van der Waals surface area contributed by atoms with Crippen LogP contribution in [0, 0.1) is 0 Å². The molecular formula is C11H15BrN2O6S. The van der Waals surface area contributed by atoms with Crippen LogP contribution in [0.2, 0.25) is 0 Å². The van der Waals surface area contributed by atoms with Crippen LogP contribution in [-0.4, -0.2) is 46.4 Å². The van der Waals surface area contributed by atoms with Crippen LogP contribution in [0.4, 0.5) is 5.69 Å². The zero-order chi connectivity index (χ0) is 16.2. The van der Waals surface area contributed by atoms with Gasteiger partial charge in [0.15, 0.2) is 6.10 Å². The Bertz CT molecular complexity index is 634. The molecule has 8 nitrogen and oxygen atoms in total. The van der Waals surface area contributed by atoms with Gasteiger partial charge >= 0.3 is 5.97 Å². The molecule has 0 radical (unpaired) electrons. The molecular weight excluding hydrogens is 368 g/mol. The molecule has 0 saturated heterocycles. The average molecular weight is 383 g/mol. The summed E-state index contributed by atoms with van der Waals surface area (Å²) in [5, 5.41) is 9.39. The molecule has 10 heteroatoms. The normalized spacial score (nSPS) is 12.8. The van der Waals surface area contributed by atoms with Gasteiger partial charge in [0.2, 0.25) is 10.0 Å². The first-order chi connectivity index (χ1) is 9.72. The van der Waals surface area contributed by atoms with Gasteiger partial charge in [0.05, 0.1) is 14.2 Å². The van der Waals surface area contributed by atoms with E-state index in [1.807, 2.05) is 0 Å². The highest BCUT2D eigenvalue weighted by Gasteiger charge is 2.24. The maximum atomic E-state index is 12.2. The summed E-state index contributed by atoms with van der Waals surface area (Å²) in [7, 11) is -1.64. The number of halogens is 1. The fourth-order valence-corrected chi connectivity index (χ4v) is 2.95. The number of carbonyl (C=O) groups excluding carboxylic acids is 1. The summed E-state index contributed by atoms with van der Waals surface area (Å²) in [5.74, 6) is -0.879. The van der Waals surface area contributed by atoms with Crippen LogP contribution in [-0.2, 0) is 19.6 Å². The number of ether oxygens (including phenoxy) is 2. The lowest BCUT2D eigenvalue weighted by atomic mass is 10.3. The maximum absolute atomic E-state index is 12.2. The first-order valence-electron chi connectivity index (χ1n) is 5.61. The van der Waals surface area contributed by atoms with E-state index < -0.39 is 28.6 Å². The van der Waals surface area contributed by atoms with Crippen LogP contribution in [0.3, 0.4) is 0 Å². The molecule has 0 bridgehead atoms. The second-order valence-corrected chi connectivity index (χ2v) is 6.51. The zero-order valence-electron chi connectivity index (χ0n) is 11.3. The second kappa shape index (κ2) is 7.07. The Morgan fingerprint density at radius 1 is 1.48 bits per heavy atom. The van der Waals surface area contributed by atoms with Crippen molar-refractivity contribution in [2.45, 2.75) is 11.0 Å². The van der Waals surface area contributed by atoms with Crippen molar-refractivity contribution in [1.82, 2.24) is 4.72 Å². The zero-order valence-corrected chi connectivity index (χ0v) is 13.7. The largest absolute Gasteiger partial charge is 0.495 e. The fourth-order valence-electron chi connectivity index (χ4n) is 1.41. The maximum Gasteiger partial charge on any atom is 0.336 e. The van der Waals surface area contributed by atoms with Gasteiger partial charge in [0, 0.05) is 16.7 Å². The first-order valence-corrected chi connectivity index (χ1v) is 7.89. The van der Waals surface area contributed by atoms with E-state index in [1.165, 1.54) is 19.2 Å². The smallest absolute Gasteiger partial charge is 0.336 e. The number of anilines is 1.